The molecule has 3 nitrogen and oxygen atoms in total. The van der Waals surface area contributed by atoms with Crippen molar-refractivity contribution in [1.29, 1.82) is 0 Å². The molecule has 0 aliphatic carbocycles. The standard InChI is InChI=1S/C23H19N3S/c1-2-9-18(10-3-1)27-21-16-26-20-12-5-4-8-17(20)13-14-22(26)25-23(21)19-11-6-7-15-24-19/h1-15,21,23H,16H2. The van der Waals surface area contributed by atoms with Crippen molar-refractivity contribution in [1.82, 2.24) is 4.98 Å². The van der Waals surface area contributed by atoms with Crippen molar-refractivity contribution in [2.24, 2.45) is 4.99 Å². The number of nitrogens with zero attached hydrogens (tertiary/aromatic N) is 3. The zero-order valence-corrected chi connectivity index (χ0v) is 15.6. The lowest BCUT2D eigenvalue weighted by Crippen LogP contribution is -2.44. The number of fused-ring (bicyclic) bond motifs is 3. The SMILES string of the molecule is C1=Cc2ccccc2N2CC(Sc3ccccc3)C(c3ccccn3)N=C12. The van der Waals surface area contributed by atoms with Gasteiger partial charge in [0.05, 0.1) is 10.9 Å². The first-order valence-corrected chi connectivity index (χ1v) is 10.0. The molecule has 0 spiro atoms. The Kier molecular flexibility index (Phi) is 4.26. The van der Waals surface area contributed by atoms with E-state index < -0.39 is 0 Å². The summed E-state index contributed by atoms with van der Waals surface area (Å²) < 4.78 is 0. The van der Waals surface area contributed by atoms with Gasteiger partial charge in [-0.1, -0.05) is 42.5 Å². The fourth-order valence-corrected chi connectivity index (χ4v) is 4.86. The van der Waals surface area contributed by atoms with Gasteiger partial charge in [0.15, 0.2) is 0 Å². The minimum atomic E-state index is 0.0394. The van der Waals surface area contributed by atoms with Gasteiger partial charge in [-0.2, -0.15) is 0 Å². The number of para-hydroxylation sites is 1. The van der Waals surface area contributed by atoms with E-state index in [1.165, 1.54) is 16.1 Å². The molecule has 5 rings (SSSR count). The average molecular weight is 369 g/mol. The third kappa shape index (κ3) is 3.17. The lowest BCUT2D eigenvalue weighted by atomic mass is 10.0. The molecule has 3 aromatic rings. The molecular weight excluding hydrogens is 350 g/mol. The van der Waals surface area contributed by atoms with E-state index in [9.17, 15) is 0 Å². The van der Waals surface area contributed by atoms with Crippen LogP contribution < -0.4 is 4.90 Å². The summed E-state index contributed by atoms with van der Waals surface area (Å²) in [6.07, 6.45) is 6.14. The number of hydrogen-bond acceptors (Lipinski definition) is 4. The first-order chi connectivity index (χ1) is 13.4. The normalized spacial score (nSPS) is 20.6. The molecule has 2 unspecified atom stereocenters. The van der Waals surface area contributed by atoms with Crippen LogP contribution >= 0.6 is 11.8 Å². The van der Waals surface area contributed by atoms with E-state index in [1.807, 2.05) is 30.1 Å². The summed E-state index contributed by atoms with van der Waals surface area (Å²) in [7, 11) is 0. The Bertz CT molecular complexity index is 998. The highest BCUT2D eigenvalue weighted by Gasteiger charge is 2.34. The van der Waals surface area contributed by atoms with Crippen molar-refractivity contribution >= 4 is 29.4 Å². The summed E-state index contributed by atoms with van der Waals surface area (Å²) in [6.45, 7) is 0.904. The quantitative estimate of drug-likeness (QED) is 0.633. The van der Waals surface area contributed by atoms with Crippen LogP contribution in [0.5, 0.6) is 0 Å². The van der Waals surface area contributed by atoms with Crippen molar-refractivity contribution in [2.45, 2.75) is 16.2 Å². The molecule has 1 aromatic heterocycles. The van der Waals surface area contributed by atoms with Crippen LogP contribution in [0.25, 0.3) is 6.08 Å². The monoisotopic (exact) mass is 369 g/mol. The maximum atomic E-state index is 5.12. The molecule has 0 amide bonds. The fourth-order valence-electron chi connectivity index (χ4n) is 3.65. The number of amidine groups is 1. The van der Waals surface area contributed by atoms with E-state index >= 15 is 0 Å². The highest BCUT2D eigenvalue weighted by Crippen LogP contribution is 2.40. The highest BCUT2D eigenvalue weighted by atomic mass is 32.2. The van der Waals surface area contributed by atoms with Gasteiger partial charge in [-0.15, -0.1) is 11.8 Å². The van der Waals surface area contributed by atoms with Crippen LogP contribution in [0.2, 0.25) is 0 Å². The minimum absolute atomic E-state index is 0.0394. The third-order valence-corrected chi connectivity index (χ3v) is 6.18. The predicted molar refractivity (Wildman–Crippen MR) is 113 cm³/mol. The van der Waals surface area contributed by atoms with Crippen molar-refractivity contribution < 1.29 is 0 Å². The molecule has 0 N–H and O–H groups in total. The van der Waals surface area contributed by atoms with Crippen LogP contribution in [0, 0.1) is 0 Å². The molecule has 0 radical (unpaired) electrons. The number of rotatable bonds is 3. The molecule has 3 heterocycles. The van der Waals surface area contributed by atoms with Gasteiger partial charge >= 0.3 is 0 Å². The Morgan fingerprint density at radius 3 is 2.52 bits per heavy atom. The summed E-state index contributed by atoms with van der Waals surface area (Å²) in [5.74, 6) is 1.02. The van der Waals surface area contributed by atoms with Crippen molar-refractivity contribution in [3.63, 3.8) is 0 Å². The number of pyridine rings is 1. The van der Waals surface area contributed by atoms with Gasteiger partial charge in [-0.25, -0.2) is 0 Å². The summed E-state index contributed by atoms with van der Waals surface area (Å²) in [5.41, 5.74) is 3.51. The first-order valence-electron chi connectivity index (χ1n) is 9.13. The number of aromatic nitrogens is 1. The number of anilines is 1. The van der Waals surface area contributed by atoms with Crippen LogP contribution in [0.1, 0.15) is 17.3 Å². The van der Waals surface area contributed by atoms with Crippen molar-refractivity contribution in [2.75, 3.05) is 11.4 Å². The van der Waals surface area contributed by atoms with E-state index in [-0.39, 0.29) is 11.3 Å². The molecule has 2 aromatic carbocycles. The first kappa shape index (κ1) is 16.3. The van der Waals surface area contributed by atoms with Gasteiger partial charge in [0.2, 0.25) is 0 Å². The Balaban J connectivity index is 1.56. The van der Waals surface area contributed by atoms with Gasteiger partial charge in [-0.3, -0.25) is 9.98 Å². The second-order valence-electron chi connectivity index (χ2n) is 6.66. The Morgan fingerprint density at radius 1 is 0.852 bits per heavy atom. The number of benzene rings is 2. The smallest absolute Gasteiger partial charge is 0.128 e. The highest BCUT2D eigenvalue weighted by molar-refractivity contribution is 8.00. The Morgan fingerprint density at radius 2 is 1.67 bits per heavy atom. The zero-order valence-electron chi connectivity index (χ0n) is 14.8. The molecule has 4 heteroatoms. The van der Waals surface area contributed by atoms with Crippen LogP contribution in [-0.2, 0) is 0 Å². The molecule has 2 aliphatic rings. The second-order valence-corrected chi connectivity index (χ2v) is 7.97. The third-order valence-electron chi connectivity index (χ3n) is 4.92. The van der Waals surface area contributed by atoms with E-state index in [4.69, 9.17) is 4.99 Å². The zero-order chi connectivity index (χ0) is 18.1. The topological polar surface area (TPSA) is 28.5 Å². The van der Waals surface area contributed by atoms with Gasteiger partial charge in [0, 0.05) is 23.3 Å². The maximum Gasteiger partial charge on any atom is 0.128 e. The number of hydrogen-bond donors (Lipinski definition) is 0. The fraction of sp³-hybridized carbons (Fsp3) is 0.130. The van der Waals surface area contributed by atoms with Crippen molar-refractivity contribution in [3.05, 3.63) is 96.3 Å². The van der Waals surface area contributed by atoms with Crippen molar-refractivity contribution in [3.8, 4) is 0 Å². The molecule has 2 atom stereocenters. The number of aliphatic imine (C=N–C) groups is 1. The van der Waals surface area contributed by atoms with Gasteiger partial charge in [-0.05, 0) is 48.0 Å². The summed E-state index contributed by atoms with van der Waals surface area (Å²) in [6, 6.07) is 25.2. The molecule has 0 saturated heterocycles. The molecule has 0 bridgehead atoms. The largest absolute Gasteiger partial charge is 0.325 e. The molecule has 0 saturated carbocycles. The summed E-state index contributed by atoms with van der Waals surface area (Å²) >= 11 is 1.89. The lowest BCUT2D eigenvalue weighted by Gasteiger charge is -2.39. The molecule has 2 aliphatic heterocycles. The second kappa shape index (κ2) is 7.05. The predicted octanol–water partition coefficient (Wildman–Crippen LogP) is 5.23. The average Bonchev–Trinajstić information content (AvgIpc) is 2.74. The molecule has 132 valence electrons. The Hall–Kier alpha value is -2.85. The maximum absolute atomic E-state index is 5.12. The molecular formula is C23H19N3S. The summed E-state index contributed by atoms with van der Waals surface area (Å²) in [5, 5.41) is 0.283. The van der Waals surface area contributed by atoms with Gasteiger partial charge < -0.3 is 4.90 Å². The minimum Gasteiger partial charge on any atom is -0.325 e. The van der Waals surface area contributed by atoms with Gasteiger partial charge in [0.25, 0.3) is 0 Å². The van der Waals surface area contributed by atoms with Gasteiger partial charge in [0.1, 0.15) is 11.9 Å². The Labute approximate surface area is 163 Å². The van der Waals surface area contributed by atoms with E-state index in [2.05, 4.69) is 82.7 Å². The van der Waals surface area contributed by atoms with Crippen LogP contribution in [0.15, 0.2) is 95.0 Å². The van der Waals surface area contributed by atoms with E-state index in [1.54, 1.807) is 0 Å². The van der Waals surface area contributed by atoms with Crippen LogP contribution in [-0.4, -0.2) is 22.6 Å². The summed E-state index contributed by atoms with van der Waals surface area (Å²) in [4.78, 5) is 13.3. The lowest BCUT2D eigenvalue weighted by molar-refractivity contribution is 0.632. The van der Waals surface area contributed by atoms with Crippen LogP contribution in [0.4, 0.5) is 5.69 Å². The number of thioether (sulfide) groups is 1. The van der Waals surface area contributed by atoms with Crippen LogP contribution in [0.3, 0.4) is 0 Å². The van der Waals surface area contributed by atoms with E-state index in [0.717, 1.165) is 18.1 Å². The van der Waals surface area contributed by atoms with E-state index in [0.29, 0.717) is 0 Å². The molecule has 27 heavy (non-hydrogen) atoms. The molecule has 0 fully saturated rings.